The molecule has 0 spiro atoms. The standard InChI is InChI=1S/C22H29FN2O6/c23-16-3-1-15(2-4-16)22(28)25-12-17(26)13-30-14-20-19(25)6-5-18(31-20)11-21(27)24-7-9-29-10-8-24/h1-4,17-20,26H,5-14H2/t17-,18-,19+,20-/m1/s1. The van der Waals surface area contributed by atoms with Crippen molar-refractivity contribution in [2.45, 2.75) is 43.6 Å². The van der Waals surface area contributed by atoms with Crippen molar-refractivity contribution < 1.29 is 33.3 Å². The zero-order valence-corrected chi connectivity index (χ0v) is 17.5. The second kappa shape index (κ2) is 10.0. The molecule has 4 atom stereocenters. The second-order valence-corrected chi connectivity index (χ2v) is 8.29. The molecule has 2 amide bonds. The molecule has 0 aromatic heterocycles. The molecule has 0 radical (unpaired) electrons. The maximum absolute atomic E-state index is 13.3. The third-order valence-electron chi connectivity index (χ3n) is 6.10. The van der Waals surface area contributed by atoms with Gasteiger partial charge >= 0.3 is 0 Å². The Morgan fingerprint density at radius 1 is 1.06 bits per heavy atom. The lowest BCUT2D eigenvalue weighted by atomic mass is 9.94. The van der Waals surface area contributed by atoms with Crippen molar-refractivity contribution in [1.29, 1.82) is 0 Å². The molecule has 0 unspecified atom stereocenters. The van der Waals surface area contributed by atoms with Crippen LogP contribution in [0.25, 0.3) is 0 Å². The summed E-state index contributed by atoms with van der Waals surface area (Å²) in [5.74, 6) is -0.639. The highest BCUT2D eigenvalue weighted by atomic mass is 19.1. The number of amides is 2. The lowest BCUT2D eigenvalue weighted by Crippen LogP contribution is -2.57. The monoisotopic (exact) mass is 436 g/mol. The van der Waals surface area contributed by atoms with E-state index < -0.39 is 18.0 Å². The van der Waals surface area contributed by atoms with E-state index in [1.165, 1.54) is 24.3 Å². The number of halogens is 1. The topological polar surface area (TPSA) is 88.5 Å². The molecule has 3 fully saturated rings. The Balaban J connectivity index is 1.44. The Labute approximate surface area is 180 Å². The van der Waals surface area contributed by atoms with Crippen LogP contribution in [0.4, 0.5) is 4.39 Å². The van der Waals surface area contributed by atoms with E-state index in [4.69, 9.17) is 14.2 Å². The first kappa shape index (κ1) is 22.1. The Hall–Kier alpha value is -2.07. The van der Waals surface area contributed by atoms with Gasteiger partial charge in [0.2, 0.25) is 5.91 Å². The van der Waals surface area contributed by atoms with Crippen LogP contribution in [0.3, 0.4) is 0 Å². The number of ether oxygens (including phenoxy) is 3. The molecular formula is C22H29FN2O6. The van der Waals surface area contributed by atoms with Gasteiger partial charge in [0.1, 0.15) is 11.9 Å². The summed E-state index contributed by atoms with van der Waals surface area (Å²) < 4.78 is 30.4. The summed E-state index contributed by atoms with van der Waals surface area (Å²) in [4.78, 5) is 29.2. The normalized spacial score (nSPS) is 29.6. The molecule has 0 bridgehead atoms. The summed E-state index contributed by atoms with van der Waals surface area (Å²) >= 11 is 0. The first-order valence-corrected chi connectivity index (χ1v) is 10.8. The van der Waals surface area contributed by atoms with E-state index in [1.54, 1.807) is 9.80 Å². The van der Waals surface area contributed by atoms with E-state index >= 15 is 0 Å². The highest BCUT2D eigenvalue weighted by molar-refractivity contribution is 5.94. The molecule has 1 N–H and O–H groups in total. The van der Waals surface area contributed by atoms with Gasteiger partial charge in [-0.15, -0.1) is 0 Å². The third-order valence-corrected chi connectivity index (χ3v) is 6.10. The average molecular weight is 436 g/mol. The van der Waals surface area contributed by atoms with E-state index in [-0.39, 0.29) is 50.1 Å². The predicted octanol–water partition coefficient (Wildman–Crippen LogP) is 0.824. The van der Waals surface area contributed by atoms with E-state index in [2.05, 4.69) is 0 Å². The fourth-order valence-electron chi connectivity index (χ4n) is 4.47. The molecule has 8 nitrogen and oxygen atoms in total. The Bertz CT molecular complexity index is 770. The Morgan fingerprint density at radius 2 is 1.81 bits per heavy atom. The van der Waals surface area contributed by atoms with Crippen molar-refractivity contribution in [2.24, 2.45) is 0 Å². The molecule has 1 aromatic carbocycles. The number of hydrogen-bond acceptors (Lipinski definition) is 6. The minimum atomic E-state index is -0.814. The minimum absolute atomic E-state index is 0.0492. The van der Waals surface area contributed by atoms with Crippen molar-refractivity contribution in [3.8, 4) is 0 Å². The summed E-state index contributed by atoms with van der Waals surface area (Å²) in [7, 11) is 0. The molecule has 0 saturated carbocycles. The molecule has 3 saturated heterocycles. The molecule has 4 rings (SSSR count). The van der Waals surface area contributed by atoms with Crippen LogP contribution in [0.1, 0.15) is 29.6 Å². The number of β-amino-alcohol motifs (C(OH)–C–C–N with tert-alkyl or cyclic N) is 1. The van der Waals surface area contributed by atoms with Crippen LogP contribution in [0.5, 0.6) is 0 Å². The van der Waals surface area contributed by atoms with Gasteiger partial charge in [-0.3, -0.25) is 9.59 Å². The van der Waals surface area contributed by atoms with Gasteiger partial charge in [0, 0.05) is 25.2 Å². The van der Waals surface area contributed by atoms with Gasteiger partial charge in [-0.05, 0) is 37.1 Å². The van der Waals surface area contributed by atoms with E-state index in [9.17, 15) is 19.1 Å². The molecule has 3 aliphatic rings. The zero-order chi connectivity index (χ0) is 21.8. The molecule has 9 heteroatoms. The summed E-state index contributed by atoms with van der Waals surface area (Å²) in [5.41, 5.74) is 0.360. The number of morpholine rings is 1. The molecule has 31 heavy (non-hydrogen) atoms. The number of hydrogen-bond donors (Lipinski definition) is 1. The number of aliphatic hydroxyl groups is 1. The molecule has 3 heterocycles. The number of benzene rings is 1. The molecule has 1 aromatic rings. The first-order valence-electron chi connectivity index (χ1n) is 10.8. The van der Waals surface area contributed by atoms with Gasteiger partial charge in [0.05, 0.1) is 51.1 Å². The lowest BCUT2D eigenvalue weighted by Gasteiger charge is -2.44. The first-order chi connectivity index (χ1) is 15.0. The van der Waals surface area contributed by atoms with Gasteiger partial charge < -0.3 is 29.1 Å². The molecule has 3 aliphatic heterocycles. The van der Waals surface area contributed by atoms with Gasteiger partial charge in [-0.2, -0.15) is 0 Å². The van der Waals surface area contributed by atoms with Gasteiger partial charge in [-0.1, -0.05) is 0 Å². The van der Waals surface area contributed by atoms with Crippen LogP contribution < -0.4 is 0 Å². The number of nitrogens with zero attached hydrogens (tertiary/aromatic N) is 2. The van der Waals surface area contributed by atoms with Crippen molar-refractivity contribution in [2.75, 3.05) is 46.1 Å². The number of aliphatic hydroxyl groups excluding tert-OH is 1. The van der Waals surface area contributed by atoms with Crippen LogP contribution in [0.2, 0.25) is 0 Å². The molecule has 0 aliphatic carbocycles. The van der Waals surface area contributed by atoms with Gasteiger partial charge in [-0.25, -0.2) is 4.39 Å². The van der Waals surface area contributed by atoms with Crippen LogP contribution in [0.15, 0.2) is 24.3 Å². The van der Waals surface area contributed by atoms with Crippen LogP contribution in [-0.4, -0.2) is 97.1 Å². The number of rotatable bonds is 3. The van der Waals surface area contributed by atoms with E-state index in [0.717, 1.165) is 0 Å². The summed E-state index contributed by atoms with van der Waals surface area (Å²) in [6, 6.07) is 5.10. The summed E-state index contributed by atoms with van der Waals surface area (Å²) in [6.45, 7) is 2.74. The van der Waals surface area contributed by atoms with Crippen LogP contribution in [0, 0.1) is 5.82 Å². The fourth-order valence-corrected chi connectivity index (χ4v) is 4.47. The minimum Gasteiger partial charge on any atom is -0.389 e. The van der Waals surface area contributed by atoms with Crippen molar-refractivity contribution in [3.63, 3.8) is 0 Å². The number of carbonyl (C=O) groups excluding carboxylic acids is 2. The maximum atomic E-state index is 13.3. The van der Waals surface area contributed by atoms with Gasteiger partial charge in [0.25, 0.3) is 5.91 Å². The number of fused-ring (bicyclic) bond motifs is 1. The lowest BCUT2D eigenvalue weighted by molar-refractivity contribution is -0.156. The molecule has 170 valence electrons. The highest BCUT2D eigenvalue weighted by Gasteiger charge is 2.40. The molecular weight excluding hydrogens is 407 g/mol. The zero-order valence-electron chi connectivity index (χ0n) is 17.5. The van der Waals surface area contributed by atoms with Gasteiger partial charge in [0.15, 0.2) is 0 Å². The largest absolute Gasteiger partial charge is 0.389 e. The highest BCUT2D eigenvalue weighted by Crippen LogP contribution is 2.29. The predicted molar refractivity (Wildman–Crippen MR) is 108 cm³/mol. The van der Waals surface area contributed by atoms with Crippen molar-refractivity contribution >= 4 is 11.8 Å². The Morgan fingerprint density at radius 3 is 2.55 bits per heavy atom. The van der Waals surface area contributed by atoms with Crippen molar-refractivity contribution in [3.05, 3.63) is 35.6 Å². The van der Waals surface area contributed by atoms with E-state index in [0.29, 0.717) is 44.7 Å². The quantitative estimate of drug-likeness (QED) is 0.755. The summed E-state index contributed by atoms with van der Waals surface area (Å²) in [6.07, 6.45) is 0.0963. The maximum Gasteiger partial charge on any atom is 0.254 e. The smallest absolute Gasteiger partial charge is 0.254 e. The summed E-state index contributed by atoms with van der Waals surface area (Å²) in [5, 5.41) is 10.2. The SMILES string of the molecule is O=C(C[C@H]1CC[C@H]2[C@@H](COC[C@H](O)CN2C(=O)c2ccc(F)cc2)O1)N1CCOCC1. The second-order valence-electron chi connectivity index (χ2n) is 8.29. The van der Waals surface area contributed by atoms with Crippen LogP contribution in [-0.2, 0) is 19.0 Å². The number of carbonyl (C=O) groups is 2. The Kier molecular flexibility index (Phi) is 7.16. The van der Waals surface area contributed by atoms with Crippen LogP contribution >= 0.6 is 0 Å². The third kappa shape index (κ3) is 5.41. The van der Waals surface area contributed by atoms with Crippen molar-refractivity contribution in [1.82, 2.24) is 9.80 Å². The fraction of sp³-hybridized carbons (Fsp3) is 0.636. The van der Waals surface area contributed by atoms with E-state index in [1.807, 2.05) is 0 Å². The average Bonchev–Trinajstić information content (AvgIpc) is 2.77.